The Morgan fingerprint density at radius 3 is 2.93 bits per heavy atom. The minimum Gasteiger partial charge on any atom is -0.144 e. The standard InChI is InChI=1S/C12H13BrS/c1-9(13)6-7-10-8-14-12-5-3-2-4-11(10)12/h2-5,8-9H,6-7H2,1H3. The van der Waals surface area contributed by atoms with E-state index in [0.717, 1.165) is 0 Å². The van der Waals surface area contributed by atoms with E-state index >= 15 is 0 Å². The highest BCUT2D eigenvalue weighted by Gasteiger charge is 2.04. The Labute approximate surface area is 97.1 Å². The van der Waals surface area contributed by atoms with Gasteiger partial charge in [-0.2, -0.15) is 0 Å². The van der Waals surface area contributed by atoms with Gasteiger partial charge in [0.25, 0.3) is 0 Å². The van der Waals surface area contributed by atoms with Crippen molar-refractivity contribution in [2.75, 3.05) is 0 Å². The molecule has 1 aromatic heterocycles. The lowest BCUT2D eigenvalue weighted by atomic mass is 10.1. The average Bonchev–Trinajstić information content (AvgIpc) is 2.58. The molecule has 0 aliphatic carbocycles. The zero-order chi connectivity index (χ0) is 9.97. The summed E-state index contributed by atoms with van der Waals surface area (Å²) in [5.41, 5.74) is 1.50. The largest absolute Gasteiger partial charge is 0.144 e. The molecule has 0 saturated heterocycles. The predicted molar refractivity (Wildman–Crippen MR) is 68.5 cm³/mol. The van der Waals surface area contributed by atoms with Gasteiger partial charge in [-0.05, 0) is 35.2 Å². The summed E-state index contributed by atoms with van der Waals surface area (Å²) in [5, 5.41) is 3.73. The van der Waals surface area contributed by atoms with Gasteiger partial charge >= 0.3 is 0 Å². The molecule has 0 radical (unpaired) electrons. The normalized spacial score (nSPS) is 13.3. The lowest BCUT2D eigenvalue weighted by Crippen LogP contribution is -1.92. The van der Waals surface area contributed by atoms with Crippen molar-refractivity contribution < 1.29 is 0 Å². The minimum atomic E-state index is 0.612. The Bertz CT molecular complexity index is 417. The molecule has 0 bridgehead atoms. The first-order valence-corrected chi connectivity index (χ1v) is 6.66. The summed E-state index contributed by atoms with van der Waals surface area (Å²) >= 11 is 5.44. The number of hydrogen-bond donors (Lipinski definition) is 0. The van der Waals surface area contributed by atoms with Crippen LogP contribution in [0.5, 0.6) is 0 Å². The molecule has 0 saturated carbocycles. The van der Waals surface area contributed by atoms with Crippen LogP contribution in [0.3, 0.4) is 0 Å². The van der Waals surface area contributed by atoms with E-state index in [1.807, 2.05) is 11.3 Å². The smallest absolute Gasteiger partial charge is 0.0345 e. The van der Waals surface area contributed by atoms with Crippen molar-refractivity contribution in [2.45, 2.75) is 24.6 Å². The van der Waals surface area contributed by atoms with E-state index in [-0.39, 0.29) is 0 Å². The molecule has 0 aliphatic heterocycles. The average molecular weight is 269 g/mol. The second-order valence-electron chi connectivity index (χ2n) is 3.58. The van der Waals surface area contributed by atoms with E-state index in [0.29, 0.717) is 4.83 Å². The Hall–Kier alpha value is -0.340. The second kappa shape index (κ2) is 4.45. The lowest BCUT2D eigenvalue weighted by molar-refractivity contribution is 0.828. The molecule has 0 fully saturated rings. The van der Waals surface area contributed by atoms with Gasteiger partial charge in [-0.3, -0.25) is 0 Å². The van der Waals surface area contributed by atoms with Crippen LogP contribution >= 0.6 is 27.3 Å². The quantitative estimate of drug-likeness (QED) is 0.713. The minimum absolute atomic E-state index is 0.612. The summed E-state index contributed by atoms with van der Waals surface area (Å²) in [6, 6.07) is 8.65. The van der Waals surface area contributed by atoms with Crippen LogP contribution < -0.4 is 0 Å². The monoisotopic (exact) mass is 268 g/mol. The van der Waals surface area contributed by atoms with E-state index in [2.05, 4.69) is 52.5 Å². The molecule has 1 aromatic carbocycles. The Morgan fingerprint density at radius 1 is 1.36 bits per heavy atom. The summed E-state index contributed by atoms with van der Waals surface area (Å²) in [6.45, 7) is 2.20. The predicted octanol–water partition coefficient (Wildman–Crippen LogP) is 4.62. The highest BCUT2D eigenvalue weighted by Crippen LogP contribution is 2.27. The van der Waals surface area contributed by atoms with Crippen molar-refractivity contribution in [1.29, 1.82) is 0 Å². The van der Waals surface area contributed by atoms with Crippen molar-refractivity contribution >= 4 is 37.4 Å². The summed E-state index contributed by atoms with van der Waals surface area (Å²) in [5.74, 6) is 0. The van der Waals surface area contributed by atoms with Gasteiger partial charge in [-0.25, -0.2) is 0 Å². The molecule has 2 aromatic rings. The fourth-order valence-corrected chi connectivity index (χ4v) is 2.81. The number of thiophene rings is 1. The van der Waals surface area contributed by atoms with Gasteiger partial charge in [-0.15, -0.1) is 11.3 Å². The van der Waals surface area contributed by atoms with Crippen LogP contribution in [-0.4, -0.2) is 4.83 Å². The second-order valence-corrected chi connectivity index (χ2v) is 6.05. The van der Waals surface area contributed by atoms with Crippen molar-refractivity contribution in [3.8, 4) is 0 Å². The van der Waals surface area contributed by atoms with E-state index in [9.17, 15) is 0 Å². The number of aryl methyl sites for hydroxylation is 1. The van der Waals surface area contributed by atoms with Crippen molar-refractivity contribution in [1.82, 2.24) is 0 Å². The maximum atomic E-state index is 3.59. The SMILES string of the molecule is CC(Br)CCc1csc2ccccc12. The molecule has 14 heavy (non-hydrogen) atoms. The molecule has 1 heterocycles. The first-order valence-electron chi connectivity index (χ1n) is 4.86. The zero-order valence-corrected chi connectivity index (χ0v) is 10.6. The third-order valence-electron chi connectivity index (χ3n) is 2.37. The molecule has 0 N–H and O–H groups in total. The maximum absolute atomic E-state index is 3.59. The molecule has 1 atom stereocenters. The number of benzene rings is 1. The van der Waals surface area contributed by atoms with Gasteiger partial charge in [-0.1, -0.05) is 41.1 Å². The Balaban J connectivity index is 2.25. The van der Waals surface area contributed by atoms with Crippen LogP contribution in [0.2, 0.25) is 0 Å². The fraction of sp³-hybridized carbons (Fsp3) is 0.333. The highest BCUT2D eigenvalue weighted by molar-refractivity contribution is 9.09. The molecule has 2 rings (SSSR count). The lowest BCUT2D eigenvalue weighted by Gasteiger charge is -2.01. The first kappa shape index (κ1) is 10.2. The van der Waals surface area contributed by atoms with Crippen LogP contribution in [0.25, 0.3) is 10.1 Å². The third kappa shape index (κ3) is 2.18. The van der Waals surface area contributed by atoms with Crippen LogP contribution in [-0.2, 0) is 6.42 Å². The van der Waals surface area contributed by atoms with Crippen molar-refractivity contribution in [3.05, 3.63) is 35.2 Å². The summed E-state index contributed by atoms with van der Waals surface area (Å²) in [7, 11) is 0. The van der Waals surface area contributed by atoms with Gasteiger partial charge in [0.2, 0.25) is 0 Å². The van der Waals surface area contributed by atoms with E-state index in [4.69, 9.17) is 0 Å². The summed E-state index contributed by atoms with van der Waals surface area (Å²) < 4.78 is 1.41. The molecule has 74 valence electrons. The molecular weight excluding hydrogens is 256 g/mol. The highest BCUT2D eigenvalue weighted by atomic mass is 79.9. The Kier molecular flexibility index (Phi) is 3.24. The van der Waals surface area contributed by atoms with Crippen LogP contribution in [0, 0.1) is 0 Å². The van der Waals surface area contributed by atoms with Crippen LogP contribution in [0.4, 0.5) is 0 Å². The first-order chi connectivity index (χ1) is 6.77. The summed E-state index contributed by atoms with van der Waals surface area (Å²) in [4.78, 5) is 0.612. The van der Waals surface area contributed by atoms with Gasteiger partial charge in [0.1, 0.15) is 0 Å². The third-order valence-corrected chi connectivity index (χ3v) is 3.84. The molecule has 0 nitrogen and oxygen atoms in total. The molecule has 0 amide bonds. The maximum Gasteiger partial charge on any atom is 0.0345 e. The molecular formula is C12H13BrS. The topological polar surface area (TPSA) is 0 Å². The van der Waals surface area contributed by atoms with Gasteiger partial charge in [0, 0.05) is 9.53 Å². The number of fused-ring (bicyclic) bond motifs is 1. The fourth-order valence-electron chi connectivity index (χ4n) is 1.58. The zero-order valence-electron chi connectivity index (χ0n) is 8.16. The van der Waals surface area contributed by atoms with Crippen molar-refractivity contribution in [3.63, 3.8) is 0 Å². The number of halogens is 1. The molecule has 0 aliphatic rings. The molecule has 2 heteroatoms. The van der Waals surface area contributed by atoms with Crippen molar-refractivity contribution in [2.24, 2.45) is 0 Å². The number of rotatable bonds is 3. The van der Waals surface area contributed by atoms with E-state index in [1.54, 1.807) is 0 Å². The van der Waals surface area contributed by atoms with Gasteiger partial charge in [0.15, 0.2) is 0 Å². The summed E-state index contributed by atoms with van der Waals surface area (Å²) in [6.07, 6.45) is 2.39. The molecule has 0 spiro atoms. The van der Waals surface area contributed by atoms with E-state index in [1.165, 1.54) is 28.5 Å². The van der Waals surface area contributed by atoms with Gasteiger partial charge < -0.3 is 0 Å². The number of hydrogen-bond acceptors (Lipinski definition) is 1. The Morgan fingerprint density at radius 2 is 2.14 bits per heavy atom. The molecule has 1 unspecified atom stereocenters. The van der Waals surface area contributed by atoms with Crippen LogP contribution in [0.15, 0.2) is 29.6 Å². The van der Waals surface area contributed by atoms with Gasteiger partial charge in [0.05, 0.1) is 0 Å². The number of alkyl halides is 1. The van der Waals surface area contributed by atoms with Crippen LogP contribution in [0.1, 0.15) is 18.9 Å². The van der Waals surface area contributed by atoms with E-state index < -0.39 is 0 Å².